The Morgan fingerprint density at radius 2 is 1.84 bits per heavy atom. The van der Waals surface area contributed by atoms with Crippen LogP contribution in [0.2, 0.25) is 0 Å². The van der Waals surface area contributed by atoms with E-state index in [9.17, 15) is 4.79 Å². The van der Waals surface area contributed by atoms with Crippen molar-refractivity contribution in [1.29, 1.82) is 0 Å². The maximum atomic E-state index is 12.8. The van der Waals surface area contributed by atoms with E-state index in [0.717, 1.165) is 30.6 Å². The molecule has 0 spiro atoms. The molecule has 0 aliphatic heterocycles. The molecule has 1 saturated carbocycles. The van der Waals surface area contributed by atoms with Gasteiger partial charge in [-0.3, -0.25) is 4.79 Å². The Morgan fingerprint density at radius 3 is 2.32 bits per heavy atom. The lowest BCUT2D eigenvalue weighted by atomic mass is 9.87. The minimum absolute atomic E-state index is 0.164. The molecule has 3 heteroatoms. The van der Waals surface area contributed by atoms with Gasteiger partial charge >= 0.3 is 0 Å². The van der Waals surface area contributed by atoms with Crippen molar-refractivity contribution in [1.82, 2.24) is 0 Å². The number of nitrogens with two attached hydrogens (primary N) is 1. The Bertz CT molecular complexity index is 433. The third kappa shape index (κ3) is 2.81. The van der Waals surface area contributed by atoms with E-state index < -0.39 is 0 Å². The fourth-order valence-corrected chi connectivity index (χ4v) is 2.95. The zero-order valence-electron chi connectivity index (χ0n) is 12.0. The molecule has 3 nitrogen and oxygen atoms in total. The summed E-state index contributed by atoms with van der Waals surface area (Å²) in [5, 5.41) is 0. The van der Waals surface area contributed by atoms with Gasteiger partial charge in [0.1, 0.15) is 0 Å². The number of amides is 1. The average Bonchev–Trinajstić information content (AvgIpc) is 2.88. The van der Waals surface area contributed by atoms with Crippen LogP contribution < -0.4 is 10.6 Å². The van der Waals surface area contributed by atoms with E-state index in [4.69, 9.17) is 5.73 Å². The van der Waals surface area contributed by atoms with Crippen LogP contribution in [0.25, 0.3) is 0 Å². The van der Waals surface area contributed by atoms with E-state index >= 15 is 0 Å². The van der Waals surface area contributed by atoms with Crippen LogP contribution in [0.4, 0.5) is 5.69 Å². The first-order chi connectivity index (χ1) is 9.10. The third-order valence-electron chi connectivity index (χ3n) is 4.27. The molecule has 2 N–H and O–H groups in total. The van der Waals surface area contributed by atoms with Gasteiger partial charge < -0.3 is 10.6 Å². The van der Waals surface area contributed by atoms with Gasteiger partial charge in [0.25, 0.3) is 0 Å². The first-order valence-corrected chi connectivity index (χ1v) is 7.21. The number of hydrogen-bond acceptors (Lipinski definition) is 2. The molecule has 104 valence electrons. The zero-order valence-corrected chi connectivity index (χ0v) is 12.0. The van der Waals surface area contributed by atoms with Crippen LogP contribution in [0.3, 0.4) is 0 Å². The molecule has 0 aromatic heterocycles. The van der Waals surface area contributed by atoms with Crippen molar-refractivity contribution < 1.29 is 4.79 Å². The van der Waals surface area contributed by atoms with Gasteiger partial charge in [0, 0.05) is 24.2 Å². The van der Waals surface area contributed by atoms with Crippen LogP contribution in [0.15, 0.2) is 24.3 Å². The predicted octanol–water partition coefficient (Wildman–Crippen LogP) is 3.08. The van der Waals surface area contributed by atoms with Crippen LogP contribution in [0.5, 0.6) is 0 Å². The van der Waals surface area contributed by atoms with E-state index in [2.05, 4.69) is 6.92 Å². The molecule has 0 radical (unpaired) electrons. The van der Waals surface area contributed by atoms with Gasteiger partial charge in [0.05, 0.1) is 0 Å². The minimum atomic E-state index is -0.164. The number of nitrogens with zero attached hydrogens (tertiary/aromatic N) is 1. The van der Waals surface area contributed by atoms with Crippen molar-refractivity contribution >= 4 is 11.6 Å². The monoisotopic (exact) mass is 260 g/mol. The summed E-state index contributed by atoms with van der Waals surface area (Å²) in [6.07, 6.45) is 4.38. The summed E-state index contributed by atoms with van der Waals surface area (Å²) in [7, 11) is 0. The number of rotatable bonds is 4. The maximum Gasteiger partial charge on any atom is 0.232 e. The van der Waals surface area contributed by atoms with Gasteiger partial charge in [-0.2, -0.15) is 0 Å². The quantitative estimate of drug-likeness (QED) is 0.904. The molecule has 0 bridgehead atoms. The van der Waals surface area contributed by atoms with Gasteiger partial charge in [-0.15, -0.1) is 0 Å². The highest BCUT2D eigenvalue weighted by Crippen LogP contribution is 2.40. The van der Waals surface area contributed by atoms with Gasteiger partial charge in [-0.25, -0.2) is 0 Å². The molecule has 1 aromatic carbocycles. The van der Waals surface area contributed by atoms with Gasteiger partial charge in [0.15, 0.2) is 0 Å². The van der Waals surface area contributed by atoms with Gasteiger partial charge in [-0.1, -0.05) is 31.9 Å². The molecule has 0 saturated heterocycles. The highest BCUT2D eigenvalue weighted by Gasteiger charge is 2.39. The van der Waals surface area contributed by atoms with E-state index in [-0.39, 0.29) is 11.3 Å². The molecule has 1 aromatic rings. The Morgan fingerprint density at radius 1 is 1.26 bits per heavy atom. The summed E-state index contributed by atoms with van der Waals surface area (Å²) in [5.74, 6) is 0.271. The molecule has 0 heterocycles. The van der Waals surface area contributed by atoms with Crippen molar-refractivity contribution in [2.24, 2.45) is 11.1 Å². The molecule has 0 atom stereocenters. The molecule has 1 fully saturated rings. The highest BCUT2D eigenvalue weighted by atomic mass is 16.2. The zero-order chi connectivity index (χ0) is 13.9. The van der Waals surface area contributed by atoms with Crippen LogP contribution in [0, 0.1) is 5.41 Å². The van der Waals surface area contributed by atoms with E-state index in [1.54, 1.807) is 0 Å². The molecule has 2 rings (SSSR count). The lowest BCUT2D eigenvalue weighted by molar-refractivity contribution is -0.127. The first-order valence-electron chi connectivity index (χ1n) is 7.21. The van der Waals surface area contributed by atoms with E-state index in [1.165, 1.54) is 12.8 Å². The van der Waals surface area contributed by atoms with Crippen LogP contribution in [-0.2, 0) is 11.3 Å². The van der Waals surface area contributed by atoms with Crippen molar-refractivity contribution in [3.8, 4) is 0 Å². The van der Waals surface area contributed by atoms with Gasteiger partial charge in [-0.05, 0) is 37.5 Å². The Kier molecular flexibility index (Phi) is 4.25. The number of carbonyl (C=O) groups is 1. The number of anilines is 1. The fraction of sp³-hybridized carbons (Fsp3) is 0.562. The first kappa shape index (κ1) is 14.1. The molecular formula is C16H24N2O. The van der Waals surface area contributed by atoms with E-state index in [1.807, 2.05) is 36.1 Å². The molecule has 1 amide bonds. The van der Waals surface area contributed by atoms with Crippen molar-refractivity contribution in [2.75, 3.05) is 11.4 Å². The minimum Gasteiger partial charge on any atom is -0.326 e. The summed E-state index contributed by atoms with van der Waals surface area (Å²) in [6.45, 7) is 5.40. The van der Waals surface area contributed by atoms with Gasteiger partial charge in [0.2, 0.25) is 5.91 Å². The van der Waals surface area contributed by atoms with Crippen LogP contribution in [-0.4, -0.2) is 12.5 Å². The molecule has 0 unspecified atom stereocenters. The molecule has 1 aliphatic rings. The Hall–Kier alpha value is -1.35. The van der Waals surface area contributed by atoms with Crippen molar-refractivity contribution in [3.63, 3.8) is 0 Å². The average molecular weight is 260 g/mol. The molecule has 1 aliphatic carbocycles. The number of hydrogen-bond donors (Lipinski definition) is 1. The van der Waals surface area contributed by atoms with Crippen LogP contribution in [0.1, 0.15) is 45.1 Å². The lowest BCUT2D eigenvalue weighted by Gasteiger charge is -2.31. The van der Waals surface area contributed by atoms with Crippen molar-refractivity contribution in [3.05, 3.63) is 29.8 Å². The summed E-state index contributed by atoms with van der Waals surface area (Å²) < 4.78 is 0. The second-order valence-electron chi connectivity index (χ2n) is 5.69. The molecule has 19 heavy (non-hydrogen) atoms. The third-order valence-corrected chi connectivity index (χ3v) is 4.27. The topological polar surface area (TPSA) is 46.3 Å². The predicted molar refractivity (Wildman–Crippen MR) is 78.9 cm³/mol. The summed E-state index contributed by atoms with van der Waals surface area (Å²) in [4.78, 5) is 14.7. The summed E-state index contributed by atoms with van der Waals surface area (Å²) >= 11 is 0. The largest absolute Gasteiger partial charge is 0.326 e. The fourth-order valence-electron chi connectivity index (χ4n) is 2.95. The van der Waals surface area contributed by atoms with Crippen molar-refractivity contribution in [2.45, 2.75) is 46.1 Å². The second-order valence-corrected chi connectivity index (χ2v) is 5.69. The maximum absolute atomic E-state index is 12.8. The summed E-state index contributed by atoms with van der Waals surface area (Å²) in [6, 6.07) is 8.01. The smallest absolute Gasteiger partial charge is 0.232 e. The Balaban J connectivity index is 2.20. The number of benzene rings is 1. The number of carbonyl (C=O) groups excluding carboxylic acids is 1. The highest BCUT2D eigenvalue weighted by molar-refractivity contribution is 5.97. The SMILES string of the molecule is CCN(C(=O)C1(C)CCCC1)c1ccc(CN)cc1. The molecular weight excluding hydrogens is 236 g/mol. The van der Waals surface area contributed by atoms with Crippen LogP contribution >= 0.6 is 0 Å². The summed E-state index contributed by atoms with van der Waals surface area (Å²) in [5.41, 5.74) is 7.52. The second kappa shape index (κ2) is 5.74. The van der Waals surface area contributed by atoms with E-state index in [0.29, 0.717) is 6.54 Å². The normalized spacial score (nSPS) is 17.4. The standard InChI is InChI=1S/C16H24N2O/c1-3-18(14-8-6-13(12-17)7-9-14)15(19)16(2)10-4-5-11-16/h6-9H,3-5,10-12,17H2,1-2H3. The Labute approximate surface area is 115 Å². The lowest BCUT2D eigenvalue weighted by Crippen LogP contribution is -2.41.